The van der Waals surface area contributed by atoms with Crippen LogP contribution in [0, 0.1) is 5.41 Å². The molecule has 3 heteroatoms. The Hall–Kier alpha value is -0.120. The van der Waals surface area contributed by atoms with E-state index < -0.39 is 0 Å². The van der Waals surface area contributed by atoms with Gasteiger partial charge < -0.3 is 15.3 Å². The molecule has 3 nitrogen and oxygen atoms in total. The summed E-state index contributed by atoms with van der Waals surface area (Å²) in [4.78, 5) is 0. The second-order valence-electron chi connectivity index (χ2n) is 7.28. The summed E-state index contributed by atoms with van der Waals surface area (Å²) in [6.45, 7) is 2.77. The fourth-order valence-electron chi connectivity index (χ4n) is 3.27. The molecule has 0 saturated heterocycles. The highest BCUT2D eigenvalue weighted by Crippen LogP contribution is 2.31. The Kier molecular flexibility index (Phi) is 16.6. The van der Waals surface area contributed by atoms with Crippen LogP contribution in [0.25, 0.3) is 0 Å². The molecule has 0 aliphatic rings. The van der Waals surface area contributed by atoms with E-state index in [9.17, 15) is 10.2 Å². The van der Waals surface area contributed by atoms with Gasteiger partial charge in [0.1, 0.15) is 0 Å². The van der Waals surface area contributed by atoms with Gasteiger partial charge >= 0.3 is 0 Å². The molecule has 0 atom stereocenters. The normalized spacial score (nSPS) is 12.0. The van der Waals surface area contributed by atoms with Gasteiger partial charge in [-0.05, 0) is 19.3 Å². The van der Waals surface area contributed by atoms with Crippen LogP contribution in [-0.4, -0.2) is 35.1 Å². The third-order valence-corrected chi connectivity index (χ3v) is 5.10. The van der Waals surface area contributed by atoms with Crippen LogP contribution in [-0.2, 0) is 0 Å². The molecule has 0 aromatic carbocycles. The van der Waals surface area contributed by atoms with E-state index in [1.807, 2.05) is 0 Å². The number of hydrogen-bond donors (Lipinski definition) is 3. The average Bonchev–Trinajstić information content (AvgIpc) is 2.58. The maximum Gasteiger partial charge on any atom is 0.0509 e. The van der Waals surface area contributed by atoms with Crippen molar-refractivity contribution in [1.82, 2.24) is 0 Å². The van der Waals surface area contributed by atoms with Crippen LogP contribution in [0.2, 0.25) is 0 Å². The number of aliphatic hydroxyl groups excluding tert-OH is 3. The first-order chi connectivity index (χ1) is 11.2. The van der Waals surface area contributed by atoms with Crippen LogP contribution < -0.4 is 0 Å². The van der Waals surface area contributed by atoms with Crippen molar-refractivity contribution < 1.29 is 15.3 Å². The molecule has 0 bridgehead atoms. The van der Waals surface area contributed by atoms with Gasteiger partial charge in [-0.2, -0.15) is 0 Å². The Morgan fingerprint density at radius 3 is 1.30 bits per heavy atom. The highest BCUT2D eigenvalue weighted by molar-refractivity contribution is 4.78. The van der Waals surface area contributed by atoms with E-state index in [-0.39, 0.29) is 18.6 Å². The van der Waals surface area contributed by atoms with Crippen molar-refractivity contribution in [1.29, 1.82) is 0 Å². The zero-order chi connectivity index (χ0) is 17.2. The molecule has 3 N–H and O–H groups in total. The molecule has 0 aromatic rings. The fourth-order valence-corrected chi connectivity index (χ4v) is 3.27. The summed E-state index contributed by atoms with van der Waals surface area (Å²) in [5, 5.41) is 28.2. The van der Waals surface area contributed by atoms with Gasteiger partial charge in [0.15, 0.2) is 0 Å². The third-order valence-electron chi connectivity index (χ3n) is 5.10. The Labute approximate surface area is 144 Å². The van der Waals surface area contributed by atoms with Crippen molar-refractivity contribution in [3.05, 3.63) is 0 Å². The number of unbranched alkanes of at least 4 members (excludes halogenated alkanes) is 11. The molecule has 0 saturated carbocycles. The lowest BCUT2D eigenvalue weighted by atomic mass is 9.79. The lowest BCUT2D eigenvalue weighted by Gasteiger charge is -2.30. The second kappa shape index (κ2) is 16.7. The highest BCUT2D eigenvalue weighted by Gasteiger charge is 2.27. The fraction of sp³-hybridized carbons (Fsp3) is 1.00. The van der Waals surface area contributed by atoms with Crippen molar-refractivity contribution in [3.63, 3.8) is 0 Å². The van der Waals surface area contributed by atoms with Gasteiger partial charge in [-0.3, -0.25) is 0 Å². The first-order valence-corrected chi connectivity index (χ1v) is 10.1. The van der Waals surface area contributed by atoms with Crippen LogP contribution in [0.4, 0.5) is 0 Å². The smallest absolute Gasteiger partial charge is 0.0509 e. The van der Waals surface area contributed by atoms with Gasteiger partial charge in [0, 0.05) is 12.0 Å². The molecule has 0 spiro atoms. The second-order valence-corrected chi connectivity index (χ2v) is 7.28. The number of hydrogen-bond acceptors (Lipinski definition) is 3. The average molecular weight is 331 g/mol. The molecule has 0 aliphatic carbocycles. The first kappa shape index (κ1) is 22.9. The van der Waals surface area contributed by atoms with E-state index >= 15 is 0 Å². The molecule has 0 radical (unpaired) electrons. The molecule has 0 aliphatic heterocycles. The van der Waals surface area contributed by atoms with E-state index in [2.05, 4.69) is 6.92 Å². The molecule has 0 aromatic heterocycles. The summed E-state index contributed by atoms with van der Waals surface area (Å²) in [6.07, 6.45) is 17.5. The summed E-state index contributed by atoms with van der Waals surface area (Å²) in [5.41, 5.74) is -0.255. The quantitative estimate of drug-likeness (QED) is 0.316. The first-order valence-electron chi connectivity index (χ1n) is 10.1. The van der Waals surface area contributed by atoms with Crippen molar-refractivity contribution in [2.75, 3.05) is 19.8 Å². The Bertz CT molecular complexity index is 207. The molecule has 0 unspecified atom stereocenters. The van der Waals surface area contributed by atoms with Crippen molar-refractivity contribution >= 4 is 0 Å². The molecule has 0 fully saturated rings. The summed E-state index contributed by atoms with van der Waals surface area (Å²) in [5.74, 6) is 0. The molecule has 0 rings (SSSR count). The summed E-state index contributed by atoms with van der Waals surface area (Å²) >= 11 is 0. The van der Waals surface area contributed by atoms with Gasteiger partial charge in [0.2, 0.25) is 0 Å². The molecule has 140 valence electrons. The summed E-state index contributed by atoms with van der Waals surface area (Å²) in [6, 6.07) is 0. The minimum atomic E-state index is -0.255. The monoisotopic (exact) mass is 330 g/mol. The Balaban J connectivity index is 3.74. The van der Waals surface area contributed by atoms with Gasteiger partial charge in [0.25, 0.3) is 0 Å². The molecular weight excluding hydrogens is 288 g/mol. The minimum Gasteiger partial charge on any atom is -0.396 e. The highest BCUT2D eigenvalue weighted by atomic mass is 16.3. The number of aliphatic hydroxyl groups is 3. The zero-order valence-corrected chi connectivity index (χ0v) is 15.6. The van der Waals surface area contributed by atoms with E-state index in [1.54, 1.807) is 0 Å². The summed E-state index contributed by atoms with van der Waals surface area (Å²) in [7, 11) is 0. The van der Waals surface area contributed by atoms with E-state index in [4.69, 9.17) is 5.11 Å². The van der Waals surface area contributed by atoms with E-state index in [0.717, 1.165) is 38.5 Å². The van der Waals surface area contributed by atoms with Crippen LogP contribution >= 0.6 is 0 Å². The van der Waals surface area contributed by atoms with Gasteiger partial charge in [0.05, 0.1) is 13.2 Å². The molecular formula is C20H42O3. The van der Waals surface area contributed by atoms with Crippen LogP contribution in [0.1, 0.15) is 103 Å². The Morgan fingerprint density at radius 1 is 0.522 bits per heavy atom. The maximum absolute atomic E-state index is 9.73. The number of rotatable bonds is 18. The minimum absolute atomic E-state index is 0.115. The SMILES string of the molecule is CCCCCCCCCC(CO)(CO)CCCCCCCCO. The van der Waals surface area contributed by atoms with Crippen molar-refractivity contribution in [2.24, 2.45) is 5.41 Å². The predicted octanol–water partition coefficient (Wildman–Crippen LogP) is 4.82. The zero-order valence-electron chi connectivity index (χ0n) is 15.6. The van der Waals surface area contributed by atoms with Crippen LogP contribution in [0.3, 0.4) is 0 Å². The van der Waals surface area contributed by atoms with Gasteiger partial charge in [-0.25, -0.2) is 0 Å². The Morgan fingerprint density at radius 2 is 0.913 bits per heavy atom. The third kappa shape index (κ3) is 12.9. The lowest BCUT2D eigenvalue weighted by Crippen LogP contribution is -2.29. The standard InChI is InChI=1S/C20H42O3/c1-2-3-4-5-6-9-12-15-20(18-22,19-23)16-13-10-7-8-11-14-17-21/h21-23H,2-19H2,1H3. The lowest BCUT2D eigenvalue weighted by molar-refractivity contribution is 0.0353. The van der Waals surface area contributed by atoms with Crippen molar-refractivity contribution in [2.45, 2.75) is 103 Å². The molecule has 0 amide bonds. The van der Waals surface area contributed by atoms with Gasteiger partial charge in [-0.15, -0.1) is 0 Å². The van der Waals surface area contributed by atoms with Crippen LogP contribution in [0.15, 0.2) is 0 Å². The van der Waals surface area contributed by atoms with E-state index in [1.165, 1.54) is 57.8 Å². The largest absolute Gasteiger partial charge is 0.396 e. The van der Waals surface area contributed by atoms with Gasteiger partial charge in [-0.1, -0.05) is 84.0 Å². The molecule has 0 heterocycles. The van der Waals surface area contributed by atoms with Crippen molar-refractivity contribution in [3.8, 4) is 0 Å². The maximum atomic E-state index is 9.73. The van der Waals surface area contributed by atoms with Crippen LogP contribution in [0.5, 0.6) is 0 Å². The van der Waals surface area contributed by atoms with E-state index in [0.29, 0.717) is 6.61 Å². The molecule has 23 heavy (non-hydrogen) atoms. The topological polar surface area (TPSA) is 60.7 Å². The summed E-state index contributed by atoms with van der Waals surface area (Å²) < 4.78 is 0. The predicted molar refractivity (Wildman–Crippen MR) is 98.6 cm³/mol.